The van der Waals surface area contributed by atoms with Crippen molar-refractivity contribution in [2.24, 2.45) is 0 Å². The van der Waals surface area contributed by atoms with Crippen molar-refractivity contribution in [1.29, 1.82) is 0 Å². The highest BCUT2D eigenvalue weighted by Crippen LogP contribution is 2.27. The van der Waals surface area contributed by atoms with Crippen LogP contribution in [0.1, 0.15) is 28.9 Å². The molecule has 0 saturated heterocycles. The van der Waals surface area contributed by atoms with Crippen LogP contribution in [0.2, 0.25) is 5.02 Å². The van der Waals surface area contributed by atoms with Crippen LogP contribution in [0.25, 0.3) is 0 Å². The number of aliphatic hydroxyl groups excluding tert-OH is 1. The highest BCUT2D eigenvalue weighted by molar-refractivity contribution is 7.91. The normalized spacial score (nSPS) is 12.2. The summed E-state index contributed by atoms with van der Waals surface area (Å²) in [5.74, 6) is -0.696. The number of rotatable bonds is 11. The average Bonchev–Trinajstić information content (AvgIpc) is 2.84. The van der Waals surface area contributed by atoms with Gasteiger partial charge in [-0.25, -0.2) is 13.2 Å². The summed E-state index contributed by atoms with van der Waals surface area (Å²) >= 11 is 5.93. The molecule has 0 spiro atoms. The minimum atomic E-state index is -3.94. The number of hydrogen-bond acceptors (Lipinski definition) is 8. The summed E-state index contributed by atoms with van der Waals surface area (Å²) in [4.78, 5) is 11.8. The van der Waals surface area contributed by atoms with E-state index in [1.54, 1.807) is 31.2 Å². The smallest absolute Gasteiger partial charge is 0.341 e. The van der Waals surface area contributed by atoms with Gasteiger partial charge in [-0.05, 0) is 67.1 Å². The zero-order valence-electron chi connectivity index (χ0n) is 19.0. The van der Waals surface area contributed by atoms with Gasteiger partial charge in [0.15, 0.2) is 0 Å². The molecule has 0 unspecified atom stereocenters. The molecule has 0 radical (unpaired) electrons. The molecule has 0 heterocycles. The summed E-state index contributed by atoms with van der Waals surface area (Å²) < 4.78 is 36.4. The Labute approximate surface area is 209 Å². The predicted octanol–water partition coefficient (Wildman–Crippen LogP) is 3.76. The summed E-state index contributed by atoms with van der Waals surface area (Å²) in [6, 6.07) is 16.3. The first-order valence-electron chi connectivity index (χ1n) is 10.8. The Balaban J connectivity index is 1.55. The number of hydrogen-bond donors (Lipinski definition) is 3. The Bertz CT molecular complexity index is 1260. The van der Waals surface area contributed by atoms with Gasteiger partial charge in [0.05, 0.1) is 22.5 Å². The lowest BCUT2D eigenvalue weighted by Gasteiger charge is -2.13. The number of aliphatic hydroxyl groups is 1. The molecule has 0 amide bonds. The maximum atomic E-state index is 13.0. The average molecular weight is 520 g/mol. The Hall–Kier alpha value is -3.11. The molecule has 3 N–H and O–H groups in total. The monoisotopic (exact) mass is 519 g/mol. The molecule has 8 nitrogen and oxygen atoms in total. The first-order chi connectivity index (χ1) is 16.7. The maximum absolute atomic E-state index is 13.0. The second-order valence-electron chi connectivity index (χ2n) is 7.50. The van der Waals surface area contributed by atoms with Gasteiger partial charge in [-0.15, -0.1) is 0 Å². The highest BCUT2D eigenvalue weighted by Gasteiger charge is 2.22. The van der Waals surface area contributed by atoms with Crippen molar-refractivity contribution in [2.75, 3.05) is 26.3 Å². The van der Waals surface area contributed by atoms with Crippen LogP contribution < -0.4 is 10.1 Å². The quantitative estimate of drug-likeness (QED) is 0.258. The van der Waals surface area contributed by atoms with Crippen LogP contribution in [-0.4, -0.2) is 50.9 Å². The molecule has 3 aromatic carbocycles. The SMILES string of the molecule is CCOC(=O)c1cc(S(=O)(=O)c2ccc(OCCNC[C@@H](O)c3cccc(Cl)c3)cc2)ccc1O. The summed E-state index contributed by atoms with van der Waals surface area (Å²) in [5, 5.41) is 23.7. The number of aromatic hydroxyl groups is 1. The number of benzene rings is 3. The number of phenols is 1. The van der Waals surface area contributed by atoms with Gasteiger partial charge in [-0.2, -0.15) is 0 Å². The number of carbonyl (C=O) groups excluding carboxylic acids is 1. The lowest BCUT2D eigenvalue weighted by molar-refractivity contribution is 0.0522. The molecule has 10 heteroatoms. The number of esters is 1. The van der Waals surface area contributed by atoms with Crippen LogP contribution in [0.15, 0.2) is 76.5 Å². The zero-order valence-corrected chi connectivity index (χ0v) is 20.6. The first kappa shape index (κ1) is 26.5. The summed E-state index contributed by atoms with van der Waals surface area (Å²) in [5.41, 5.74) is 0.492. The largest absolute Gasteiger partial charge is 0.507 e. The molecular formula is C25H26ClNO7S. The summed E-state index contributed by atoms with van der Waals surface area (Å²) in [7, 11) is -3.94. The van der Waals surface area contributed by atoms with Gasteiger partial charge in [-0.1, -0.05) is 23.7 Å². The molecule has 0 aliphatic rings. The van der Waals surface area contributed by atoms with Crippen molar-refractivity contribution in [2.45, 2.75) is 22.8 Å². The van der Waals surface area contributed by atoms with Gasteiger partial charge in [0.25, 0.3) is 0 Å². The maximum Gasteiger partial charge on any atom is 0.341 e. The molecule has 35 heavy (non-hydrogen) atoms. The van der Waals surface area contributed by atoms with Crippen LogP contribution in [0, 0.1) is 0 Å². The molecule has 0 aliphatic heterocycles. The van der Waals surface area contributed by atoms with E-state index in [0.29, 0.717) is 36.0 Å². The molecule has 3 rings (SSSR count). The van der Waals surface area contributed by atoms with E-state index >= 15 is 0 Å². The lowest BCUT2D eigenvalue weighted by Crippen LogP contribution is -2.26. The van der Waals surface area contributed by atoms with E-state index in [4.69, 9.17) is 21.1 Å². The molecule has 1 atom stereocenters. The number of sulfone groups is 1. The second kappa shape index (κ2) is 12.0. The van der Waals surface area contributed by atoms with Gasteiger partial charge in [0, 0.05) is 18.1 Å². The zero-order chi connectivity index (χ0) is 25.4. The van der Waals surface area contributed by atoms with E-state index in [9.17, 15) is 23.4 Å². The van der Waals surface area contributed by atoms with Crippen molar-refractivity contribution < 1.29 is 32.9 Å². The number of halogens is 1. The third-order valence-electron chi connectivity index (χ3n) is 5.03. The standard InChI is InChI=1S/C25H26ClNO7S/c1-2-33-25(30)22-15-21(10-11-23(22)28)35(31,32)20-8-6-19(7-9-20)34-13-12-27-16-24(29)17-4-3-5-18(26)14-17/h3-11,14-15,24,27-29H,2,12-13,16H2,1H3/t24-/m1/s1. The van der Waals surface area contributed by atoms with Crippen molar-refractivity contribution in [1.82, 2.24) is 5.32 Å². The van der Waals surface area contributed by atoms with E-state index in [0.717, 1.165) is 12.1 Å². The Morgan fingerprint density at radius 3 is 2.46 bits per heavy atom. The molecule has 186 valence electrons. The van der Waals surface area contributed by atoms with Gasteiger partial charge >= 0.3 is 5.97 Å². The Morgan fingerprint density at radius 1 is 1.06 bits per heavy atom. The summed E-state index contributed by atoms with van der Waals surface area (Å²) in [6.07, 6.45) is -0.706. The fraction of sp³-hybridized carbons (Fsp3) is 0.240. The van der Waals surface area contributed by atoms with Gasteiger partial charge in [0.1, 0.15) is 23.7 Å². The molecule has 0 aliphatic carbocycles. The number of phenolic OH excluding ortho intramolecular Hbond substituents is 1. The predicted molar refractivity (Wildman–Crippen MR) is 131 cm³/mol. The highest BCUT2D eigenvalue weighted by atomic mass is 35.5. The molecular weight excluding hydrogens is 494 g/mol. The van der Waals surface area contributed by atoms with E-state index in [1.807, 2.05) is 0 Å². The van der Waals surface area contributed by atoms with E-state index in [2.05, 4.69) is 5.32 Å². The van der Waals surface area contributed by atoms with E-state index < -0.39 is 21.9 Å². The van der Waals surface area contributed by atoms with Crippen molar-refractivity contribution >= 4 is 27.4 Å². The number of carbonyl (C=O) groups is 1. The summed E-state index contributed by atoms with van der Waals surface area (Å²) in [6.45, 7) is 2.78. The van der Waals surface area contributed by atoms with Crippen LogP contribution in [-0.2, 0) is 14.6 Å². The van der Waals surface area contributed by atoms with Crippen LogP contribution >= 0.6 is 11.6 Å². The third-order valence-corrected chi connectivity index (χ3v) is 7.03. The molecule has 0 bridgehead atoms. The number of nitrogens with one attached hydrogen (secondary N) is 1. The van der Waals surface area contributed by atoms with Gasteiger partial charge < -0.3 is 25.0 Å². The van der Waals surface area contributed by atoms with Crippen LogP contribution in [0.3, 0.4) is 0 Å². The van der Waals surface area contributed by atoms with Crippen LogP contribution in [0.4, 0.5) is 0 Å². The van der Waals surface area contributed by atoms with E-state index in [-0.39, 0.29) is 27.7 Å². The molecule has 0 fully saturated rings. The third kappa shape index (κ3) is 6.95. The van der Waals surface area contributed by atoms with E-state index in [1.165, 1.54) is 30.3 Å². The fourth-order valence-corrected chi connectivity index (χ4v) is 4.70. The topological polar surface area (TPSA) is 122 Å². The minimum absolute atomic E-state index is 0.00752. The lowest BCUT2D eigenvalue weighted by atomic mass is 10.1. The Morgan fingerprint density at radius 2 is 1.77 bits per heavy atom. The minimum Gasteiger partial charge on any atom is -0.507 e. The van der Waals surface area contributed by atoms with Gasteiger partial charge in [-0.3, -0.25) is 0 Å². The Kier molecular flexibility index (Phi) is 9.11. The molecule has 3 aromatic rings. The molecule has 0 saturated carbocycles. The second-order valence-corrected chi connectivity index (χ2v) is 9.88. The van der Waals surface area contributed by atoms with Crippen LogP contribution in [0.5, 0.6) is 11.5 Å². The van der Waals surface area contributed by atoms with Crippen molar-refractivity contribution in [3.63, 3.8) is 0 Å². The van der Waals surface area contributed by atoms with Crippen molar-refractivity contribution in [3.8, 4) is 11.5 Å². The number of ether oxygens (including phenoxy) is 2. The first-order valence-corrected chi connectivity index (χ1v) is 12.7. The van der Waals surface area contributed by atoms with Gasteiger partial charge in [0.2, 0.25) is 9.84 Å². The fourth-order valence-electron chi connectivity index (χ4n) is 3.22. The molecule has 0 aromatic heterocycles. The van der Waals surface area contributed by atoms with Crippen molar-refractivity contribution in [3.05, 3.63) is 82.9 Å².